The summed E-state index contributed by atoms with van der Waals surface area (Å²) in [5, 5.41) is 10.5. The van der Waals surface area contributed by atoms with E-state index < -0.39 is 0 Å². The first kappa shape index (κ1) is 36.6. The number of phenols is 1. The van der Waals surface area contributed by atoms with Gasteiger partial charge in [0, 0.05) is 17.5 Å². The van der Waals surface area contributed by atoms with E-state index in [0.717, 1.165) is 18.4 Å². The van der Waals surface area contributed by atoms with Crippen LogP contribution < -0.4 is 14.2 Å². The smallest absolute Gasteiger partial charge is 0.305 e. The molecule has 0 aliphatic heterocycles. The van der Waals surface area contributed by atoms with E-state index in [2.05, 4.69) is 0 Å². The minimum Gasteiger partial charge on any atom is -0.507 e. The van der Waals surface area contributed by atoms with Crippen molar-refractivity contribution in [1.29, 1.82) is 0 Å². The molecule has 0 aromatic heterocycles. The van der Waals surface area contributed by atoms with Gasteiger partial charge in [-0.05, 0) is 64.3 Å². The van der Waals surface area contributed by atoms with Crippen LogP contribution in [0.5, 0.6) is 23.0 Å². The van der Waals surface area contributed by atoms with Gasteiger partial charge in [-0.2, -0.15) is 0 Å². The van der Waals surface area contributed by atoms with E-state index in [0.29, 0.717) is 92.8 Å². The first-order valence-electron chi connectivity index (χ1n) is 15.5. The molecule has 0 fully saturated rings. The summed E-state index contributed by atoms with van der Waals surface area (Å²) in [5.41, 5.74) is 2.24. The van der Waals surface area contributed by atoms with Gasteiger partial charge in [-0.15, -0.1) is 0 Å². The fourth-order valence-electron chi connectivity index (χ4n) is 4.57. The van der Waals surface area contributed by atoms with Crippen LogP contribution in [0.15, 0.2) is 24.3 Å². The minimum atomic E-state index is -0.251. The van der Waals surface area contributed by atoms with Gasteiger partial charge in [-0.1, -0.05) is 26.7 Å². The number of hydrogen-bond acceptors (Lipinski definition) is 10. The number of carbonyl (C=O) groups is 3. The van der Waals surface area contributed by atoms with E-state index in [-0.39, 0.29) is 42.9 Å². The summed E-state index contributed by atoms with van der Waals surface area (Å²) in [7, 11) is 0. The molecule has 10 nitrogen and oxygen atoms in total. The van der Waals surface area contributed by atoms with Crippen molar-refractivity contribution in [3.05, 3.63) is 46.5 Å². The van der Waals surface area contributed by atoms with Crippen LogP contribution in [0.1, 0.15) is 92.1 Å². The molecule has 0 atom stereocenters. The van der Waals surface area contributed by atoms with Crippen molar-refractivity contribution < 1.29 is 47.9 Å². The average Bonchev–Trinajstić information content (AvgIpc) is 2.98. The fourth-order valence-corrected chi connectivity index (χ4v) is 4.57. The van der Waals surface area contributed by atoms with Gasteiger partial charge in [-0.25, -0.2) is 0 Å². The van der Waals surface area contributed by atoms with Gasteiger partial charge >= 0.3 is 5.97 Å². The molecule has 0 saturated heterocycles. The predicted molar refractivity (Wildman–Crippen MR) is 167 cm³/mol. The summed E-state index contributed by atoms with van der Waals surface area (Å²) < 4.78 is 34.1. The van der Waals surface area contributed by atoms with Crippen LogP contribution in [-0.4, -0.2) is 75.5 Å². The maximum Gasteiger partial charge on any atom is 0.305 e. The number of esters is 1. The maximum absolute atomic E-state index is 12.3. The zero-order valence-electron chi connectivity index (χ0n) is 26.8. The Morgan fingerprint density at radius 2 is 1.18 bits per heavy atom. The molecule has 2 aromatic carbocycles. The molecule has 44 heavy (non-hydrogen) atoms. The highest BCUT2D eigenvalue weighted by molar-refractivity contribution is 5.98. The van der Waals surface area contributed by atoms with Crippen molar-refractivity contribution >= 4 is 17.5 Å². The molecule has 0 unspecified atom stereocenters. The van der Waals surface area contributed by atoms with Crippen molar-refractivity contribution in [2.24, 2.45) is 0 Å². The minimum absolute atomic E-state index is 0.0177. The summed E-state index contributed by atoms with van der Waals surface area (Å²) in [5.74, 6) is 1.13. The van der Waals surface area contributed by atoms with E-state index >= 15 is 0 Å². The van der Waals surface area contributed by atoms with E-state index in [1.165, 1.54) is 13.8 Å². The van der Waals surface area contributed by atoms with Gasteiger partial charge in [0.05, 0.1) is 50.8 Å². The Morgan fingerprint density at radius 1 is 0.659 bits per heavy atom. The predicted octanol–water partition coefficient (Wildman–Crippen LogP) is 5.92. The Morgan fingerprint density at radius 3 is 1.77 bits per heavy atom. The molecule has 0 aliphatic rings. The molecular formula is C34H48O10. The van der Waals surface area contributed by atoms with Gasteiger partial charge in [0.25, 0.3) is 0 Å². The topological polar surface area (TPSA) is 127 Å². The van der Waals surface area contributed by atoms with Crippen LogP contribution in [0.4, 0.5) is 0 Å². The summed E-state index contributed by atoms with van der Waals surface area (Å²) in [6.45, 7) is 11.3. The molecule has 0 radical (unpaired) electrons. The lowest BCUT2D eigenvalue weighted by Gasteiger charge is -2.19. The van der Waals surface area contributed by atoms with Gasteiger partial charge in [0.1, 0.15) is 36.2 Å². The standard InChI is InChI=1S/C34H48O10/c1-6-10-28-30(15-13-26(24(4)35)33(28)38)43-22-20-39-18-19-40-21-23-44-34-27(25(5)36)14-16-31(29(34)11-7-2)42-17-9-12-32(37)41-8-3/h13-16,38H,6-12,17-23H2,1-5H3. The van der Waals surface area contributed by atoms with Crippen LogP contribution in [-0.2, 0) is 31.8 Å². The Labute approximate surface area is 260 Å². The monoisotopic (exact) mass is 616 g/mol. The van der Waals surface area contributed by atoms with Crippen molar-refractivity contribution in [3.63, 3.8) is 0 Å². The highest BCUT2D eigenvalue weighted by Crippen LogP contribution is 2.35. The third kappa shape index (κ3) is 11.8. The van der Waals surface area contributed by atoms with E-state index in [9.17, 15) is 19.5 Å². The van der Waals surface area contributed by atoms with Gasteiger partial charge in [0.2, 0.25) is 0 Å². The number of carbonyl (C=O) groups excluding carboxylic acids is 3. The number of hydrogen-bond donors (Lipinski definition) is 1. The van der Waals surface area contributed by atoms with Gasteiger partial charge in [-0.3, -0.25) is 14.4 Å². The number of phenolic OH excluding ortho intramolecular Hbond substituents is 1. The second-order valence-electron chi connectivity index (χ2n) is 10.1. The SMILES string of the molecule is CCCc1c(OCCOCCOCCOc2c(C(C)=O)ccc(OCCCC(=O)OCC)c2CCC)ccc(C(C)=O)c1O. The largest absolute Gasteiger partial charge is 0.507 e. The zero-order chi connectivity index (χ0) is 32.3. The van der Waals surface area contributed by atoms with Crippen molar-refractivity contribution in [2.45, 2.75) is 73.1 Å². The van der Waals surface area contributed by atoms with Crippen LogP contribution >= 0.6 is 0 Å². The molecule has 2 aromatic rings. The van der Waals surface area contributed by atoms with Crippen LogP contribution in [0, 0.1) is 0 Å². The second kappa shape index (κ2) is 20.3. The molecule has 10 heteroatoms. The molecular weight excluding hydrogens is 568 g/mol. The molecule has 0 bridgehead atoms. The molecule has 244 valence electrons. The molecule has 0 heterocycles. The highest BCUT2D eigenvalue weighted by Gasteiger charge is 2.19. The number of rotatable bonds is 23. The second-order valence-corrected chi connectivity index (χ2v) is 10.1. The normalized spacial score (nSPS) is 10.8. The van der Waals surface area contributed by atoms with Crippen molar-refractivity contribution in [1.82, 2.24) is 0 Å². The number of benzene rings is 2. The lowest BCUT2D eigenvalue weighted by atomic mass is 10.0. The quantitative estimate of drug-likeness (QED) is 0.0914. The third-order valence-corrected chi connectivity index (χ3v) is 6.64. The first-order valence-corrected chi connectivity index (χ1v) is 15.5. The number of ketones is 2. The number of ether oxygens (including phenoxy) is 6. The number of aromatic hydroxyl groups is 1. The Kier molecular flexibility index (Phi) is 16.9. The lowest BCUT2D eigenvalue weighted by Crippen LogP contribution is -2.15. The summed E-state index contributed by atoms with van der Waals surface area (Å²) in [4.78, 5) is 35.7. The van der Waals surface area contributed by atoms with Gasteiger partial charge in [0.15, 0.2) is 11.6 Å². The molecule has 0 amide bonds. The molecule has 0 aliphatic carbocycles. The Hall–Kier alpha value is -3.63. The summed E-state index contributed by atoms with van der Waals surface area (Å²) >= 11 is 0. The zero-order valence-corrected chi connectivity index (χ0v) is 26.8. The van der Waals surface area contributed by atoms with E-state index in [1.54, 1.807) is 31.2 Å². The first-order chi connectivity index (χ1) is 21.2. The van der Waals surface area contributed by atoms with Crippen LogP contribution in [0.25, 0.3) is 0 Å². The van der Waals surface area contributed by atoms with E-state index in [1.807, 2.05) is 13.8 Å². The molecule has 0 saturated carbocycles. The van der Waals surface area contributed by atoms with E-state index in [4.69, 9.17) is 28.4 Å². The fraction of sp³-hybridized carbons (Fsp3) is 0.559. The Balaban J connectivity index is 1.80. The lowest BCUT2D eigenvalue weighted by molar-refractivity contribution is -0.143. The molecule has 1 N–H and O–H groups in total. The van der Waals surface area contributed by atoms with Crippen molar-refractivity contribution in [3.8, 4) is 23.0 Å². The maximum atomic E-state index is 12.3. The summed E-state index contributed by atoms with van der Waals surface area (Å²) in [6, 6.07) is 6.77. The third-order valence-electron chi connectivity index (χ3n) is 6.64. The molecule has 0 spiro atoms. The average molecular weight is 617 g/mol. The highest BCUT2D eigenvalue weighted by atomic mass is 16.6. The summed E-state index contributed by atoms with van der Waals surface area (Å²) in [6.07, 6.45) is 3.70. The van der Waals surface area contributed by atoms with Crippen molar-refractivity contribution in [2.75, 3.05) is 52.9 Å². The Bertz CT molecular complexity index is 1210. The number of Topliss-reactive ketones (excluding diaryl/α,β-unsaturated/α-hetero) is 2. The van der Waals surface area contributed by atoms with Crippen LogP contribution in [0.2, 0.25) is 0 Å². The van der Waals surface area contributed by atoms with Gasteiger partial charge < -0.3 is 33.5 Å². The molecule has 2 rings (SSSR count). The van der Waals surface area contributed by atoms with Crippen LogP contribution in [0.3, 0.4) is 0 Å².